The fourth-order valence-electron chi connectivity index (χ4n) is 3.32. The lowest BCUT2D eigenvalue weighted by molar-refractivity contribution is -0.147. The molecule has 34 heavy (non-hydrogen) atoms. The minimum absolute atomic E-state index is 0.0410. The quantitative estimate of drug-likeness (QED) is 0.309. The van der Waals surface area contributed by atoms with Crippen LogP contribution in [0.3, 0.4) is 0 Å². The number of anilines is 2. The van der Waals surface area contributed by atoms with E-state index >= 15 is 0 Å². The summed E-state index contributed by atoms with van der Waals surface area (Å²) in [5.74, 6) is -1.37. The molecule has 11 heteroatoms. The lowest BCUT2D eigenvalue weighted by Crippen LogP contribution is -2.43. The predicted molar refractivity (Wildman–Crippen MR) is 129 cm³/mol. The number of H-pyrrole nitrogens is 1. The molecule has 0 fully saturated rings. The molecule has 1 amide bonds. The number of hydrogen-bond donors (Lipinski definition) is 2. The van der Waals surface area contributed by atoms with Crippen LogP contribution in [-0.2, 0) is 32.0 Å². The van der Waals surface area contributed by atoms with Gasteiger partial charge in [0.1, 0.15) is 5.82 Å². The predicted octanol–water partition coefficient (Wildman–Crippen LogP) is 1.38. The molecule has 180 valence electrons. The molecule has 0 saturated heterocycles. The Morgan fingerprint density at radius 3 is 2.59 bits per heavy atom. The summed E-state index contributed by atoms with van der Waals surface area (Å²) in [6, 6.07) is 12.7. The maximum atomic E-state index is 13.0. The van der Waals surface area contributed by atoms with Crippen molar-refractivity contribution < 1.29 is 19.1 Å². The van der Waals surface area contributed by atoms with Crippen LogP contribution >= 0.6 is 11.3 Å². The smallest absolute Gasteiger partial charge is 0.330 e. The van der Waals surface area contributed by atoms with E-state index in [0.717, 1.165) is 15.3 Å². The highest BCUT2D eigenvalue weighted by Gasteiger charge is 2.25. The van der Waals surface area contributed by atoms with Gasteiger partial charge in [0.2, 0.25) is 0 Å². The van der Waals surface area contributed by atoms with Crippen molar-refractivity contribution in [3.8, 4) is 0 Å². The van der Waals surface area contributed by atoms with Crippen molar-refractivity contribution in [1.29, 1.82) is 0 Å². The Kier molecular flexibility index (Phi) is 8.77. The number of thiophene rings is 1. The van der Waals surface area contributed by atoms with Crippen LogP contribution in [0.15, 0.2) is 57.4 Å². The number of aromatic nitrogens is 2. The Balaban J connectivity index is 1.85. The van der Waals surface area contributed by atoms with Crippen LogP contribution < -0.4 is 21.9 Å². The highest BCUT2D eigenvalue weighted by Crippen LogP contribution is 2.19. The van der Waals surface area contributed by atoms with Crippen molar-refractivity contribution in [2.75, 3.05) is 37.5 Å². The number of rotatable bonds is 11. The summed E-state index contributed by atoms with van der Waals surface area (Å²) in [5.41, 5.74) is 5.35. The standard InChI is InChI=1S/C23H26N4O6S/c1-32-11-6-10-26(18(28)15-33-19(29)13-17-9-5-12-34-17)20-21(24)27(23(31)25-22(20)30)14-16-7-3-2-4-8-16/h2-5,7-9,12H,6,10-11,13-15,24H2,1H3,(H,25,30,31). The van der Waals surface area contributed by atoms with Gasteiger partial charge in [-0.15, -0.1) is 11.3 Å². The second-order valence-electron chi connectivity index (χ2n) is 7.37. The molecule has 3 rings (SSSR count). The van der Waals surface area contributed by atoms with Crippen molar-refractivity contribution in [3.05, 3.63) is 79.1 Å². The molecular weight excluding hydrogens is 460 g/mol. The third-order valence-electron chi connectivity index (χ3n) is 4.95. The van der Waals surface area contributed by atoms with Gasteiger partial charge >= 0.3 is 11.7 Å². The number of esters is 1. The van der Waals surface area contributed by atoms with E-state index in [-0.39, 0.29) is 31.0 Å². The Bertz CT molecular complexity index is 1220. The number of methoxy groups -OCH3 is 1. The minimum atomic E-state index is -0.803. The van der Waals surface area contributed by atoms with E-state index in [2.05, 4.69) is 4.98 Å². The van der Waals surface area contributed by atoms with Gasteiger partial charge in [0.05, 0.1) is 13.0 Å². The van der Waals surface area contributed by atoms with Gasteiger partial charge in [-0.3, -0.25) is 23.9 Å². The highest BCUT2D eigenvalue weighted by molar-refractivity contribution is 7.10. The molecule has 0 aliphatic heterocycles. The van der Waals surface area contributed by atoms with Gasteiger partial charge in [0.25, 0.3) is 11.5 Å². The number of nitrogens with one attached hydrogen (secondary N) is 1. The van der Waals surface area contributed by atoms with E-state index in [1.807, 2.05) is 41.8 Å². The van der Waals surface area contributed by atoms with Gasteiger partial charge in [-0.25, -0.2) is 4.79 Å². The topological polar surface area (TPSA) is 137 Å². The number of ether oxygens (including phenoxy) is 2. The molecule has 0 radical (unpaired) electrons. The lowest BCUT2D eigenvalue weighted by atomic mass is 10.2. The lowest BCUT2D eigenvalue weighted by Gasteiger charge is -2.24. The largest absolute Gasteiger partial charge is 0.455 e. The molecule has 0 saturated carbocycles. The van der Waals surface area contributed by atoms with Gasteiger partial charge in [-0.2, -0.15) is 0 Å². The first-order valence-electron chi connectivity index (χ1n) is 10.5. The minimum Gasteiger partial charge on any atom is -0.455 e. The van der Waals surface area contributed by atoms with Crippen molar-refractivity contribution >= 4 is 34.7 Å². The van der Waals surface area contributed by atoms with E-state index in [9.17, 15) is 19.2 Å². The Hall–Kier alpha value is -3.70. The van der Waals surface area contributed by atoms with Gasteiger partial charge in [0.15, 0.2) is 12.3 Å². The molecule has 0 unspecified atom stereocenters. The molecule has 0 aliphatic carbocycles. The van der Waals surface area contributed by atoms with E-state index in [4.69, 9.17) is 15.2 Å². The summed E-state index contributed by atoms with van der Waals surface area (Å²) < 4.78 is 11.4. The molecule has 3 aromatic rings. The van der Waals surface area contributed by atoms with Gasteiger partial charge in [0, 0.05) is 25.1 Å². The average Bonchev–Trinajstić information content (AvgIpc) is 3.33. The van der Waals surface area contributed by atoms with Crippen molar-refractivity contribution in [2.24, 2.45) is 0 Å². The van der Waals surface area contributed by atoms with E-state index in [1.165, 1.54) is 23.0 Å². The van der Waals surface area contributed by atoms with Gasteiger partial charge in [-0.1, -0.05) is 36.4 Å². The van der Waals surface area contributed by atoms with Crippen LogP contribution in [0.1, 0.15) is 16.9 Å². The first-order chi connectivity index (χ1) is 16.4. The molecule has 2 heterocycles. The molecule has 1 aromatic carbocycles. The van der Waals surface area contributed by atoms with Crippen LogP contribution in [-0.4, -0.2) is 48.3 Å². The number of carbonyl (C=O) groups excluding carboxylic acids is 2. The van der Waals surface area contributed by atoms with Crippen molar-refractivity contribution in [1.82, 2.24) is 9.55 Å². The van der Waals surface area contributed by atoms with Crippen molar-refractivity contribution in [2.45, 2.75) is 19.4 Å². The van der Waals surface area contributed by atoms with Gasteiger partial charge < -0.3 is 20.1 Å². The number of aromatic amines is 1. The first-order valence-corrected chi connectivity index (χ1v) is 11.4. The molecule has 2 aromatic heterocycles. The number of amides is 1. The molecule has 10 nitrogen and oxygen atoms in total. The Morgan fingerprint density at radius 1 is 1.15 bits per heavy atom. The summed E-state index contributed by atoms with van der Waals surface area (Å²) >= 11 is 1.41. The van der Waals surface area contributed by atoms with Crippen LogP contribution in [0.4, 0.5) is 11.5 Å². The summed E-state index contributed by atoms with van der Waals surface area (Å²) in [4.78, 5) is 54.5. The number of nitrogens with zero attached hydrogens (tertiary/aromatic N) is 2. The van der Waals surface area contributed by atoms with E-state index in [1.54, 1.807) is 6.07 Å². The molecule has 0 atom stereocenters. The summed E-state index contributed by atoms with van der Waals surface area (Å²) in [5, 5.41) is 1.84. The fraction of sp³-hybridized carbons (Fsp3) is 0.304. The maximum Gasteiger partial charge on any atom is 0.330 e. The fourth-order valence-corrected chi connectivity index (χ4v) is 4.01. The summed E-state index contributed by atoms with van der Waals surface area (Å²) in [7, 11) is 1.51. The van der Waals surface area contributed by atoms with Crippen LogP contribution in [0.25, 0.3) is 0 Å². The zero-order valence-corrected chi connectivity index (χ0v) is 19.5. The number of benzene rings is 1. The zero-order chi connectivity index (χ0) is 24.5. The van der Waals surface area contributed by atoms with E-state index in [0.29, 0.717) is 13.0 Å². The molecule has 0 bridgehead atoms. The second kappa shape index (κ2) is 12.0. The highest BCUT2D eigenvalue weighted by atomic mass is 32.1. The summed E-state index contributed by atoms with van der Waals surface area (Å²) in [6.45, 7) is -0.0750. The van der Waals surface area contributed by atoms with E-state index < -0.39 is 29.7 Å². The first kappa shape index (κ1) is 24.9. The molecular formula is C23H26N4O6S. The SMILES string of the molecule is COCCCN(C(=O)COC(=O)Cc1cccs1)c1c(N)n(Cc2ccccc2)c(=O)[nH]c1=O. The molecule has 0 spiro atoms. The normalized spacial score (nSPS) is 10.7. The Morgan fingerprint density at radius 2 is 1.91 bits per heavy atom. The average molecular weight is 487 g/mol. The second-order valence-corrected chi connectivity index (χ2v) is 8.41. The van der Waals surface area contributed by atoms with Crippen LogP contribution in [0.2, 0.25) is 0 Å². The molecule has 3 N–H and O–H groups in total. The zero-order valence-electron chi connectivity index (χ0n) is 18.7. The monoisotopic (exact) mass is 486 g/mol. The third-order valence-corrected chi connectivity index (χ3v) is 5.83. The summed E-state index contributed by atoms with van der Waals surface area (Å²) in [6.07, 6.45) is 0.432. The van der Waals surface area contributed by atoms with Crippen LogP contribution in [0.5, 0.6) is 0 Å². The van der Waals surface area contributed by atoms with Crippen LogP contribution in [0, 0.1) is 0 Å². The number of carbonyl (C=O) groups is 2. The number of nitrogens with two attached hydrogens (primary N) is 1. The van der Waals surface area contributed by atoms with Crippen molar-refractivity contribution in [3.63, 3.8) is 0 Å². The number of hydrogen-bond acceptors (Lipinski definition) is 8. The third kappa shape index (κ3) is 6.42. The maximum absolute atomic E-state index is 13.0. The Labute approximate surface area is 199 Å². The van der Waals surface area contributed by atoms with Gasteiger partial charge in [-0.05, 0) is 23.4 Å². The number of nitrogen functional groups attached to an aromatic ring is 1. The molecule has 0 aliphatic rings.